The summed E-state index contributed by atoms with van der Waals surface area (Å²) < 4.78 is 63.5. The van der Waals surface area contributed by atoms with Gasteiger partial charge in [0.2, 0.25) is 0 Å². The van der Waals surface area contributed by atoms with Crippen molar-refractivity contribution in [2.75, 3.05) is 24.6 Å². The Hall–Kier alpha value is -2.19. The monoisotopic (exact) mass is 411 g/mol. The molecule has 0 amide bonds. The molecular formula is C20H23F2NO4S. The highest BCUT2D eigenvalue weighted by Gasteiger charge is 2.28. The number of hydrogen-bond acceptors (Lipinski definition) is 5. The van der Waals surface area contributed by atoms with Crippen molar-refractivity contribution in [2.24, 2.45) is 0 Å². The molecule has 1 saturated heterocycles. The summed E-state index contributed by atoms with van der Waals surface area (Å²) in [4.78, 5) is 1.79. The summed E-state index contributed by atoms with van der Waals surface area (Å²) in [6, 6.07) is 8.93. The minimum atomic E-state index is -3.86. The average molecular weight is 411 g/mol. The van der Waals surface area contributed by atoms with Crippen molar-refractivity contribution < 1.29 is 26.1 Å². The lowest BCUT2D eigenvalue weighted by molar-refractivity contribution is 0.178. The summed E-state index contributed by atoms with van der Waals surface area (Å²) in [5, 5.41) is 0. The summed E-state index contributed by atoms with van der Waals surface area (Å²) in [5.74, 6) is -1.65. The topological polar surface area (TPSA) is 55.8 Å². The number of nitrogens with zero attached hydrogens (tertiary/aromatic N) is 1. The van der Waals surface area contributed by atoms with Crippen LogP contribution < -0.4 is 9.64 Å². The number of anilines is 1. The molecule has 0 N–H and O–H groups in total. The number of hydrogen-bond donors (Lipinski definition) is 0. The van der Waals surface area contributed by atoms with Crippen LogP contribution in [0.25, 0.3) is 0 Å². The number of halogens is 2. The van der Waals surface area contributed by atoms with Crippen LogP contribution >= 0.6 is 0 Å². The summed E-state index contributed by atoms with van der Waals surface area (Å²) in [7, 11) is -3.86. The third-order valence-corrected chi connectivity index (χ3v) is 6.02. The second-order valence-corrected chi connectivity index (χ2v) is 8.29. The van der Waals surface area contributed by atoms with Crippen LogP contribution in [0.15, 0.2) is 41.3 Å². The normalized spacial score (nSPS) is 15.6. The van der Waals surface area contributed by atoms with Crippen LogP contribution in [-0.4, -0.2) is 34.2 Å². The minimum Gasteiger partial charge on any atom is -0.494 e. The third kappa shape index (κ3) is 4.62. The zero-order chi connectivity index (χ0) is 20.3. The zero-order valence-electron chi connectivity index (χ0n) is 15.8. The molecule has 0 saturated carbocycles. The molecule has 0 spiro atoms. The standard InChI is InChI=1S/C20H23F2NO4S/c1-3-26-16-12-18(21)20(22)19(13-16)23-10-8-15(9-11-23)27-28(24,25)17-6-4-14(2)5-7-17/h4-7,12-13,15H,3,8-11H2,1-2H3. The van der Waals surface area contributed by atoms with Gasteiger partial charge in [-0.25, -0.2) is 8.78 Å². The predicted octanol–water partition coefficient (Wildman–Crippen LogP) is 4.05. The van der Waals surface area contributed by atoms with E-state index in [2.05, 4.69) is 0 Å². The van der Waals surface area contributed by atoms with E-state index >= 15 is 0 Å². The van der Waals surface area contributed by atoms with Crippen LogP contribution in [0, 0.1) is 18.6 Å². The molecule has 1 heterocycles. The van der Waals surface area contributed by atoms with E-state index in [1.54, 1.807) is 24.0 Å². The Morgan fingerprint density at radius 2 is 1.75 bits per heavy atom. The molecule has 2 aromatic rings. The lowest BCUT2D eigenvalue weighted by Gasteiger charge is -2.33. The van der Waals surface area contributed by atoms with Gasteiger partial charge in [-0.1, -0.05) is 17.7 Å². The molecule has 1 aliphatic rings. The van der Waals surface area contributed by atoms with Gasteiger partial charge in [0.15, 0.2) is 11.6 Å². The van der Waals surface area contributed by atoms with Crippen LogP contribution in [0.1, 0.15) is 25.3 Å². The molecule has 8 heteroatoms. The van der Waals surface area contributed by atoms with Crippen molar-refractivity contribution in [2.45, 2.75) is 37.7 Å². The van der Waals surface area contributed by atoms with E-state index in [1.165, 1.54) is 18.2 Å². The van der Waals surface area contributed by atoms with Gasteiger partial charge in [0.25, 0.3) is 10.1 Å². The molecular weight excluding hydrogens is 388 g/mol. The average Bonchev–Trinajstić information content (AvgIpc) is 2.65. The highest BCUT2D eigenvalue weighted by atomic mass is 32.2. The van der Waals surface area contributed by atoms with Crippen molar-refractivity contribution in [3.8, 4) is 5.75 Å². The minimum absolute atomic E-state index is 0.109. The Labute approximate surface area is 164 Å². The molecule has 0 bridgehead atoms. The van der Waals surface area contributed by atoms with Gasteiger partial charge in [0, 0.05) is 25.2 Å². The van der Waals surface area contributed by atoms with E-state index in [-0.39, 0.29) is 16.3 Å². The molecule has 1 aliphatic heterocycles. The third-order valence-electron chi connectivity index (χ3n) is 4.65. The number of piperidine rings is 1. The first-order chi connectivity index (χ1) is 13.3. The molecule has 0 atom stereocenters. The Balaban J connectivity index is 1.67. The van der Waals surface area contributed by atoms with Crippen molar-refractivity contribution in [1.29, 1.82) is 0 Å². The molecule has 1 fully saturated rings. The first-order valence-corrected chi connectivity index (χ1v) is 10.6. The highest BCUT2D eigenvalue weighted by molar-refractivity contribution is 7.86. The number of ether oxygens (including phenoxy) is 1. The predicted molar refractivity (Wildman–Crippen MR) is 102 cm³/mol. The Morgan fingerprint density at radius 1 is 1.11 bits per heavy atom. The maximum atomic E-state index is 14.2. The second-order valence-electron chi connectivity index (χ2n) is 6.72. The summed E-state index contributed by atoms with van der Waals surface area (Å²) in [6.07, 6.45) is 0.251. The molecule has 3 rings (SSSR count). The van der Waals surface area contributed by atoms with Crippen molar-refractivity contribution in [3.05, 3.63) is 53.6 Å². The van der Waals surface area contributed by atoms with E-state index in [4.69, 9.17) is 8.92 Å². The maximum Gasteiger partial charge on any atom is 0.297 e. The number of benzene rings is 2. The van der Waals surface area contributed by atoms with E-state index in [9.17, 15) is 17.2 Å². The van der Waals surface area contributed by atoms with Crippen LogP contribution in [0.2, 0.25) is 0 Å². The fourth-order valence-corrected chi connectivity index (χ4v) is 4.29. The van der Waals surface area contributed by atoms with Gasteiger partial charge in [0.1, 0.15) is 5.75 Å². The molecule has 0 aliphatic carbocycles. The van der Waals surface area contributed by atoms with E-state index in [1.807, 2.05) is 6.92 Å². The first-order valence-electron chi connectivity index (χ1n) is 9.17. The Kier molecular flexibility index (Phi) is 6.20. The van der Waals surface area contributed by atoms with Crippen LogP contribution in [0.3, 0.4) is 0 Å². The number of rotatable bonds is 6. The summed E-state index contributed by atoms with van der Waals surface area (Å²) in [6.45, 7) is 4.67. The van der Waals surface area contributed by atoms with Crippen molar-refractivity contribution in [3.63, 3.8) is 0 Å². The Morgan fingerprint density at radius 3 is 2.36 bits per heavy atom. The fourth-order valence-electron chi connectivity index (χ4n) is 3.16. The van der Waals surface area contributed by atoms with Crippen molar-refractivity contribution in [1.82, 2.24) is 0 Å². The van der Waals surface area contributed by atoms with Gasteiger partial charge < -0.3 is 9.64 Å². The Bertz CT molecular complexity index is 924. The lowest BCUT2D eigenvalue weighted by atomic mass is 10.1. The highest BCUT2D eigenvalue weighted by Crippen LogP contribution is 2.31. The van der Waals surface area contributed by atoms with Gasteiger partial charge in [-0.2, -0.15) is 8.42 Å². The molecule has 0 aromatic heterocycles. The maximum absolute atomic E-state index is 14.2. The van der Waals surface area contributed by atoms with Crippen LogP contribution in [-0.2, 0) is 14.3 Å². The second kappa shape index (κ2) is 8.45. The smallest absolute Gasteiger partial charge is 0.297 e. The summed E-state index contributed by atoms with van der Waals surface area (Å²) in [5.41, 5.74) is 1.07. The summed E-state index contributed by atoms with van der Waals surface area (Å²) >= 11 is 0. The van der Waals surface area contributed by atoms with Crippen LogP contribution in [0.4, 0.5) is 14.5 Å². The quantitative estimate of drug-likeness (QED) is 0.672. The molecule has 0 unspecified atom stereocenters. The fraction of sp³-hybridized carbons (Fsp3) is 0.400. The van der Waals surface area contributed by atoms with Crippen LogP contribution in [0.5, 0.6) is 5.75 Å². The molecule has 152 valence electrons. The van der Waals surface area contributed by atoms with Gasteiger partial charge >= 0.3 is 0 Å². The van der Waals surface area contributed by atoms with Crippen molar-refractivity contribution >= 4 is 15.8 Å². The van der Waals surface area contributed by atoms with Gasteiger partial charge in [-0.15, -0.1) is 0 Å². The molecule has 5 nitrogen and oxygen atoms in total. The SMILES string of the molecule is CCOc1cc(F)c(F)c(N2CCC(OS(=O)(=O)c3ccc(C)cc3)CC2)c1. The first kappa shape index (κ1) is 20.5. The van der Waals surface area contributed by atoms with E-state index < -0.39 is 27.9 Å². The van der Waals surface area contributed by atoms with Gasteiger partial charge in [-0.3, -0.25) is 4.18 Å². The molecule has 2 aromatic carbocycles. The zero-order valence-corrected chi connectivity index (χ0v) is 16.6. The molecule has 28 heavy (non-hydrogen) atoms. The largest absolute Gasteiger partial charge is 0.494 e. The van der Waals surface area contributed by atoms with E-state index in [0.29, 0.717) is 32.5 Å². The lowest BCUT2D eigenvalue weighted by Crippen LogP contribution is -2.38. The van der Waals surface area contributed by atoms with Gasteiger partial charge in [-0.05, 0) is 38.8 Å². The number of aryl methyl sites for hydroxylation is 1. The van der Waals surface area contributed by atoms with E-state index in [0.717, 1.165) is 11.6 Å². The molecule has 0 radical (unpaired) electrons. The van der Waals surface area contributed by atoms with Gasteiger partial charge in [0.05, 0.1) is 23.3 Å².